The molecule has 0 saturated carbocycles. The first-order valence-electron chi connectivity index (χ1n) is 6.33. The van der Waals surface area contributed by atoms with Crippen molar-refractivity contribution in [3.8, 4) is 0 Å². The molecule has 1 rings (SSSR count). The molecule has 0 saturated heterocycles. The zero-order chi connectivity index (χ0) is 13.9. The van der Waals surface area contributed by atoms with Gasteiger partial charge in [0.1, 0.15) is 5.69 Å². The Kier molecular flexibility index (Phi) is 4.51. The lowest BCUT2D eigenvalue weighted by Gasteiger charge is -2.25. The van der Waals surface area contributed by atoms with Gasteiger partial charge >= 0.3 is 0 Å². The molecule has 5 heteroatoms. The van der Waals surface area contributed by atoms with Crippen LogP contribution in [0, 0.1) is 0 Å². The first-order valence-corrected chi connectivity index (χ1v) is 6.33. The molecule has 1 aromatic rings. The van der Waals surface area contributed by atoms with E-state index in [1.807, 2.05) is 19.9 Å². The zero-order valence-corrected chi connectivity index (χ0v) is 11.9. The van der Waals surface area contributed by atoms with Crippen LogP contribution < -0.4 is 0 Å². The van der Waals surface area contributed by atoms with E-state index in [-0.39, 0.29) is 5.91 Å². The summed E-state index contributed by atoms with van der Waals surface area (Å²) in [4.78, 5) is 13.8. The number of aryl methyl sites for hydroxylation is 2. The second-order valence-electron chi connectivity index (χ2n) is 5.16. The number of nitrogens with zero attached hydrogens (tertiary/aromatic N) is 3. The number of carbonyl (C=O) groups excluding carboxylic acids is 1. The Bertz CT molecular complexity index is 418. The minimum absolute atomic E-state index is 0.105. The van der Waals surface area contributed by atoms with E-state index in [0.29, 0.717) is 18.8 Å². The van der Waals surface area contributed by atoms with Crippen molar-refractivity contribution in [2.45, 2.75) is 46.3 Å². The van der Waals surface area contributed by atoms with E-state index in [1.165, 1.54) is 4.90 Å². The molecule has 0 aromatic carbocycles. The predicted molar refractivity (Wildman–Crippen MR) is 70.5 cm³/mol. The molecule has 1 N–H and O–H groups in total. The van der Waals surface area contributed by atoms with E-state index in [1.54, 1.807) is 25.6 Å². The van der Waals surface area contributed by atoms with E-state index in [2.05, 4.69) is 5.10 Å². The molecule has 0 aliphatic carbocycles. The summed E-state index contributed by atoms with van der Waals surface area (Å²) < 4.78 is 1.71. The molecule has 0 aliphatic heterocycles. The highest BCUT2D eigenvalue weighted by molar-refractivity contribution is 5.92. The van der Waals surface area contributed by atoms with Crippen molar-refractivity contribution in [3.63, 3.8) is 0 Å². The summed E-state index contributed by atoms with van der Waals surface area (Å²) in [6, 6.07) is 1.83. The maximum atomic E-state index is 12.3. The Labute approximate surface area is 108 Å². The third kappa shape index (κ3) is 3.57. The summed E-state index contributed by atoms with van der Waals surface area (Å²) in [6.07, 6.45) is 0.808. The summed E-state index contributed by atoms with van der Waals surface area (Å²) in [6.45, 7) is 8.30. The van der Waals surface area contributed by atoms with Gasteiger partial charge in [-0.15, -0.1) is 0 Å². The first-order chi connectivity index (χ1) is 8.28. The van der Waals surface area contributed by atoms with Gasteiger partial charge in [0.2, 0.25) is 0 Å². The fourth-order valence-electron chi connectivity index (χ4n) is 1.90. The van der Waals surface area contributed by atoms with Crippen LogP contribution in [0.15, 0.2) is 6.07 Å². The highest BCUT2D eigenvalue weighted by atomic mass is 16.3. The molecule has 18 heavy (non-hydrogen) atoms. The highest BCUT2D eigenvalue weighted by Gasteiger charge is 2.23. The molecule has 1 amide bonds. The monoisotopic (exact) mass is 253 g/mol. The van der Waals surface area contributed by atoms with Crippen LogP contribution in [0.1, 0.15) is 43.9 Å². The van der Waals surface area contributed by atoms with Crippen LogP contribution in [0.3, 0.4) is 0 Å². The summed E-state index contributed by atoms with van der Waals surface area (Å²) in [7, 11) is 1.69. The Morgan fingerprint density at radius 3 is 2.56 bits per heavy atom. The standard InChI is InChI=1S/C13H23N3O2/c1-6-10-8-11(16(7-2)14-10)12(17)15(5)9-13(3,4)18/h8,18H,6-7,9H2,1-5H3. The highest BCUT2D eigenvalue weighted by Crippen LogP contribution is 2.11. The lowest BCUT2D eigenvalue weighted by molar-refractivity contribution is 0.0361. The van der Waals surface area contributed by atoms with Crippen molar-refractivity contribution < 1.29 is 9.90 Å². The molecular formula is C13H23N3O2. The fourth-order valence-corrected chi connectivity index (χ4v) is 1.90. The van der Waals surface area contributed by atoms with E-state index in [0.717, 1.165) is 12.1 Å². The van der Waals surface area contributed by atoms with Gasteiger partial charge in [-0.3, -0.25) is 9.48 Å². The third-order valence-corrected chi connectivity index (χ3v) is 2.68. The number of aromatic nitrogens is 2. The maximum absolute atomic E-state index is 12.3. The second-order valence-corrected chi connectivity index (χ2v) is 5.16. The van der Waals surface area contributed by atoms with Gasteiger partial charge < -0.3 is 10.0 Å². The number of aliphatic hydroxyl groups is 1. The molecule has 0 radical (unpaired) electrons. The molecule has 1 heterocycles. The molecule has 102 valence electrons. The zero-order valence-electron chi connectivity index (χ0n) is 11.9. The average molecular weight is 253 g/mol. The van der Waals surface area contributed by atoms with E-state index >= 15 is 0 Å². The third-order valence-electron chi connectivity index (χ3n) is 2.68. The van der Waals surface area contributed by atoms with Crippen molar-refractivity contribution in [3.05, 3.63) is 17.5 Å². The van der Waals surface area contributed by atoms with Gasteiger partial charge in [0.25, 0.3) is 5.91 Å². The number of amides is 1. The van der Waals surface area contributed by atoms with Crippen LogP contribution in [-0.2, 0) is 13.0 Å². The molecule has 5 nitrogen and oxygen atoms in total. The normalized spacial score (nSPS) is 11.7. The van der Waals surface area contributed by atoms with Gasteiger partial charge in [-0.05, 0) is 33.3 Å². The fraction of sp³-hybridized carbons (Fsp3) is 0.692. The largest absolute Gasteiger partial charge is 0.389 e. The van der Waals surface area contributed by atoms with Crippen LogP contribution in [0.2, 0.25) is 0 Å². The first kappa shape index (κ1) is 14.7. The minimum atomic E-state index is -0.894. The van der Waals surface area contributed by atoms with Crippen molar-refractivity contribution in [2.24, 2.45) is 0 Å². The minimum Gasteiger partial charge on any atom is -0.389 e. The van der Waals surface area contributed by atoms with Gasteiger partial charge in [-0.25, -0.2) is 0 Å². The van der Waals surface area contributed by atoms with Crippen molar-refractivity contribution in [1.29, 1.82) is 0 Å². The smallest absolute Gasteiger partial charge is 0.271 e. The molecule has 0 fully saturated rings. The van der Waals surface area contributed by atoms with Crippen molar-refractivity contribution in [2.75, 3.05) is 13.6 Å². The maximum Gasteiger partial charge on any atom is 0.271 e. The van der Waals surface area contributed by atoms with Crippen LogP contribution >= 0.6 is 0 Å². The summed E-state index contributed by atoms with van der Waals surface area (Å²) in [5.41, 5.74) is 0.604. The average Bonchev–Trinajstić information content (AvgIpc) is 2.68. The lowest BCUT2D eigenvalue weighted by atomic mass is 10.1. The van der Waals surface area contributed by atoms with Gasteiger partial charge in [-0.2, -0.15) is 5.10 Å². The summed E-state index contributed by atoms with van der Waals surface area (Å²) in [5.74, 6) is -0.105. The molecule has 0 bridgehead atoms. The van der Waals surface area contributed by atoms with Gasteiger partial charge in [0, 0.05) is 20.1 Å². The van der Waals surface area contributed by atoms with Crippen LogP contribution in [-0.4, -0.2) is 44.9 Å². The molecule has 0 atom stereocenters. The predicted octanol–water partition coefficient (Wildman–Crippen LogP) is 1.31. The Balaban J connectivity index is 2.92. The van der Waals surface area contributed by atoms with Crippen LogP contribution in [0.5, 0.6) is 0 Å². The summed E-state index contributed by atoms with van der Waals surface area (Å²) >= 11 is 0. The topological polar surface area (TPSA) is 58.4 Å². The second kappa shape index (κ2) is 5.52. The SMILES string of the molecule is CCc1cc(C(=O)N(C)CC(C)(C)O)n(CC)n1. The van der Waals surface area contributed by atoms with Crippen molar-refractivity contribution in [1.82, 2.24) is 14.7 Å². The Hall–Kier alpha value is -1.36. The molecule has 1 aromatic heterocycles. The van der Waals surface area contributed by atoms with Crippen LogP contribution in [0.25, 0.3) is 0 Å². The van der Waals surface area contributed by atoms with E-state index in [4.69, 9.17) is 0 Å². The lowest BCUT2D eigenvalue weighted by Crippen LogP contribution is -2.40. The quantitative estimate of drug-likeness (QED) is 0.860. The number of carbonyl (C=O) groups is 1. The number of likely N-dealkylation sites (N-methyl/N-ethyl adjacent to an activating group) is 1. The molecule has 0 aliphatic rings. The molecule has 0 unspecified atom stereocenters. The summed E-state index contributed by atoms with van der Waals surface area (Å²) in [5, 5.41) is 14.1. The van der Waals surface area contributed by atoms with Gasteiger partial charge in [0.05, 0.1) is 11.3 Å². The molecular weight excluding hydrogens is 230 g/mol. The number of rotatable bonds is 5. The Morgan fingerprint density at radius 2 is 2.11 bits per heavy atom. The van der Waals surface area contributed by atoms with Crippen LogP contribution in [0.4, 0.5) is 0 Å². The van der Waals surface area contributed by atoms with E-state index in [9.17, 15) is 9.90 Å². The number of hydrogen-bond donors (Lipinski definition) is 1. The van der Waals surface area contributed by atoms with Crippen molar-refractivity contribution >= 4 is 5.91 Å². The molecule has 0 spiro atoms. The number of hydrogen-bond acceptors (Lipinski definition) is 3. The van der Waals surface area contributed by atoms with Gasteiger partial charge in [-0.1, -0.05) is 6.92 Å². The Morgan fingerprint density at radius 1 is 1.50 bits per heavy atom. The van der Waals surface area contributed by atoms with Gasteiger partial charge in [0.15, 0.2) is 0 Å². The van der Waals surface area contributed by atoms with E-state index < -0.39 is 5.60 Å².